The molecule has 2 amide bonds. The molecule has 0 aromatic heterocycles. The van der Waals surface area contributed by atoms with Crippen molar-refractivity contribution in [3.05, 3.63) is 35.6 Å². The van der Waals surface area contributed by atoms with E-state index in [-0.39, 0.29) is 13.0 Å². The zero-order chi connectivity index (χ0) is 15.8. The van der Waals surface area contributed by atoms with Crippen LogP contribution in [-0.2, 0) is 9.59 Å². The van der Waals surface area contributed by atoms with E-state index in [0.717, 1.165) is 0 Å². The average Bonchev–Trinajstić information content (AvgIpc) is 2.44. The van der Waals surface area contributed by atoms with Gasteiger partial charge in [0.25, 0.3) is 0 Å². The molecule has 0 radical (unpaired) electrons. The fraction of sp³-hybridized carbons (Fsp3) is 0.333. The van der Waals surface area contributed by atoms with E-state index in [1.807, 2.05) is 0 Å². The first kappa shape index (κ1) is 16.7. The lowest BCUT2D eigenvalue weighted by molar-refractivity contribution is -0.129. The molecular weight excluding hydrogens is 275 g/mol. The average molecular weight is 292 g/mol. The molecule has 0 fully saturated rings. The molecule has 0 aliphatic carbocycles. The number of aliphatic hydroxyl groups excluding tert-OH is 1. The Balaban J connectivity index is 2.50. The first-order valence-corrected chi connectivity index (χ1v) is 6.37. The lowest BCUT2D eigenvalue weighted by Gasteiger charge is -2.20. The summed E-state index contributed by atoms with van der Waals surface area (Å²) in [6.45, 7) is 1.64. The molecule has 5 nitrogen and oxygen atoms in total. The minimum absolute atomic E-state index is 0.0554. The number of carbonyl (C=O) groups is 2. The minimum Gasteiger partial charge on any atom is -0.386 e. The Labute approximate surface area is 122 Å². The van der Waals surface area contributed by atoms with Crippen molar-refractivity contribution in [1.82, 2.24) is 10.6 Å². The van der Waals surface area contributed by atoms with Gasteiger partial charge in [0.1, 0.15) is 12.2 Å². The fourth-order valence-electron chi connectivity index (χ4n) is 1.69. The Kier molecular flexibility index (Phi) is 6.37. The van der Waals surface area contributed by atoms with Gasteiger partial charge < -0.3 is 15.7 Å². The molecule has 0 bridgehead atoms. The number of aliphatic hydroxyl groups is 1. The summed E-state index contributed by atoms with van der Waals surface area (Å²) in [4.78, 5) is 22.9. The Morgan fingerprint density at radius 2 is 1.95 bits per heavy atom. The van der Waals surface area contributed by atoms with E-state index >= 15 is 0 Å². The first-order valence-electron chi connectivity index (χ1n) is 6.37. The van der Waals surface area contributed by atoms with E-state index < -0.39 is 29.8 Å². The van der Waals surface area contributed by atoms with Crippen LogP contribution >= 0.6 is 0 Å². The maximum Gasteiger partial charge on any atom is 0.230 e. The zero-order valence-electron chi connectivity index (χ0n) is 11.6. The van der Waals surface area contributed by atoms with Crippen LogP contribution in [0.1, 0.15) is 25.0 Å². The predicted octanol–water partition coefficient (Wildman–Crippen LogP) is 0.503. The fourth-order valence-corrected chi connectivity index (χ4v) is 1.69. The van der Waals surface area contributed by atoms with Gasteiger partial charge in [0.05, 0.1) is 18.7 Å². The summed E-state index contributed by atoms with van der Waals surface area (Å²) in [5.41, 5.74) is 0.473. The molecule has 21 heavy (non-hydrogen) atoms. The Bertz CT molecular complexity index is 537. The Morgan fingerprint density at radius 1 is 1.33 bits per heavy atom. The topological polar surface area (TPSA) is 78.4 Å². The Hall–Kier alpha value is -2.39. The van der Waals surface area contributed by atoms with Crippen LogP contribution in [0, 0.1) is 18.2 Å². The summed E-state index contributed by atoms with van der Waals surface area (Å²) in [5.74, 6) is 0.792. The molecule has 0 heterocycles. The molecule has 112 valence electrons. The van der Waals surface area contributed by atoms with Crippen LogP contribution < -0.4 is 10.6 Å². The maximum atomic E-state index is 12.8. The van der Waals surface area contributed by atoms with Crippen LogP contribution in [-0.4, -0.2) is 29.5 Å². The highest BCUT2D eigenvalue weighted by atomic mass is 19.1. The highest BCUT2D eigenvalue weighted by molar-refractivity contribution is 5.97. The van der Waals surface area contributed by atoms with Crippen LogP contribution in [0.4, 0.5) is 4.39 Å². The molecule has 2 unspecified atom stereocenters. The number of hydrogen-bond donors (Lipinski definition) is 3. The summed E-state index contributed by atoms with van der Waals surface area (Å²) >= 11 is 0. The largest absolute Gasteiger partial charge is 0.386 e. The van der Waals surface area contributed by atoms with E-state index in [4.69, 9.17) is 6.42 Å². The molecule has 2 atom stereocenters. The van der Waals surface area contributed by atoms with E-state index in [1.165, 1.54) is 24.3 Å². The van der Waals surface area contributed by atoms with Gasteiger partial charge in [-0.3, -0.25) is 9.59 Å². The second-order valence-corrected chi connectivity index (χ2v) is 4.51. The minimum atomic E-state index is -0.997. The van der Waals surface area contributed by atoms with Crippen molar-refractivity contribution in [2.45, 2.75) is 25.5 Å². The standard InChI is InChI=1S/C15H17FN2O3/c1-3-8-17-13(19)9-14(20)18-10(2)15(21)11-4-6-12(16)7-5-11/h1,4-7,10,15,21H,8-9H2,2H3,(H,17,19)(H,18,20). The molecule has 0 spiro atoms. The van der Waals surface area contributed by atoms with Crippen molar-refractivity contribution in [3.8, 4) is 12.3 Å². The van der Waals surface area contributed by atoms with Crippen molar-refractivity contribution in [2.75, 3.05) is 6.54 Å². The van der Waals surface area contributed by atoms with Gasteiger partial charge in [0.15, 0.2) is 0 Å². The Morgan fingerprint density at radius 3 is 2.52 bits per heavy atom. The van der Waals surface area contributed by atoms with Crippen LogP contribution in [0.2, 0.25) is 0 Å². The summed E-state index contributed by atoms with van der Waals surface area (Å²) in [5, 5.41) is 14.9. The normalized spacial score (nSPS) is 12.9. The van der Waals surface area contributed by atoms with Crippen LogP contribution in [0.5, 0.6) is 0 Å². The second kappa shape index (κ2) is 8.02. The summed E-state index contributed by atoms with van der Waals surface area (Å²) < 4.78 is 12.8. The number of rotatable bonds is 6. The SMILES string of the molecule is C#CCNC(=O)CC(=O)NC(C)C(O)c1ccc(F)cc1. The van der Waals surface area contributed by atoms with Crippen molar-refractivity contribution in [2.24, 2.45) is 0 Å². The number of halogens is 1. The summed E-state index contributed by atoms with van der Waals surface area (Å²) in [7, 11) is 0. The number of carbonyl (C=O) groups excluding carboxylic acids is 2. The highest BCUT2D eigenvalue weighted by Gasteiger charge is 2.19. The third-order valence-corrected chi connectivity index (χ3v) is 2.78. The summed E-state index contributed by atoms with van der Waals surface area (Å²) in [6.07, 6.45) is 3.61. The third kappa shape index (κ3) is 5.63. The van der Waals surface area contributed by atoms with E-state index in [2.05, 4.69) is 16.6 Å². The van der Waals surface area contributed by atoms with Gasteiger partial charge in [-0.25, -0.2) is 4.39 Å². The van der Waals surface area contributed by atoms with E-state index in [9.17, 15) is 19.1 Å². The molecule has 3 N–H and O–H groups in total. The lowest BCUT2D eigenvalue weighted by Crippen LogP contribution is -2.39. The van der Waals surface area contributed by atoms with Gasteiger partial charge in [-0.05, 0) is 24.6 Å². The number of terminal acetylenes is 1. The van der Waals surface area contributed by atoms with E-state index in [0.29, 0.717) is 5.56 Å². The van der Waals surface area contributed by atoms with Crippen molar-refractivity contribution < 1.29 is 19.1 Å². The third-order valence-electron chi connectivity index (χ3n) is 2.78. The molecule has 0 aliphatic rings. The van der Waals surface area contributed by atoms with Gasteiger partial charge in [-0.15, -0.1) is 6.42 Å². The van der Waals surface area contributed by atoms with Gasteiger partial charge in [0, 0.05) is 0 Å². The maximum absolute atomic E-state index is 12.8. The number of nitrogens with one attached hydrogen (secondary N) is 2. The lowest BCUT2D eigenvalue weighted by atomic mass is 10.0. The smallest absolute Gasteiger partial charge is 0.230 e. The van der Waals surface area contributed by atoms with Crippen molar-refractivity contribution >= 4 is 11.8 Å². The molecule has 0 saturated carbocycles. The quantitative estimate of drug-likeness (QED) is 0.528. The molecule has 6 heteroatoms. The monoisotopic (exact) mass is 292 g/mol. The van der Waals surface area contributed by atoms with Crippen LogP contribution in [0.15, 0.2) is 24.3 Å². The summed E-state index contributed by atoms with van der Waals surface area (Å²) in [6, 6.07) is 4.69. The molecule has 0 saturated heterocycles. The molecule has 1 aromatic carbocycles. The van der Waals surface area contributed by atoms with Gasteiger partial charge in [0.2, 0.25) is 11.8 Å². The van der Waals surface area contributed by atoms with Crippen molar-refractivity contribution in [3.63, 3.8) is 0 Å². The highest BCUT2D eigenvalue weighted by Crippen LogP contribution is 2.17. The van der Waals surface area contributed by atoms with Crippen LogP contribution in [0.3, 0.4) is 0 Å². The van der Waals surface area contributed by atoms with Gasteiger partial charge in [-0.1, -0.05) is 18.1 Å². The predicted molar refractivity (Wildman–Crippen MR) is 75.4 cm³/mol. The van der Waals surface area contributed by atoms with Gasteiger partial charge >= 0.3 is 0 Å². The van der Waals surface area contributed by atoms with Crippen LogP contribution in [0.25, 0.3) is 0 Å². The molecular formula is C15H17FN2O3. The zero-order valence-corrected chi connectivity index (χ0v) is 11.6. The molecule has 1 rings (SSSR count). The van der Waals surface area contributed by atoms with Crippen molar-refractivity contribution in [1.29, 1.82) is 0 Å². The first-order chi connectivity index (χ1) is 9.93. The number of amides is 2. The number of hydrogen-bond acceptors (Lipinski definition) is 3. The second-order valence-electron chi connectivity index (χ2n) is 4.51. The molecule has 0 aliphatic heterocycles. The number of benzene rings is 1. The van der Waals surface area contributed by atoms with Gasteiger partial charge in [-0.2, -0.15) is 0 Å². The van der Waals surface area contributed by atoms with E-state index in [1.54, 1.807) is 6.92 Å². The molecule has 1 aromatic rings.